The number of hydrogen-bond donors (Lipinski definition) is 1. The first-order valence-electron chi connectivity index (χ1n) is 6.44. The van der Waals surface area contributed by atoms with Gasteiger partial charge in [-0.2, -0.15) is 0 Å². The number of rotatable bonds is 5. The Morgan fingerprint density at radius 3 is 2.69 bits per heavy atom. The summed E-state index contributed by atoms with van der Waals surface area (Å²) in [5, 5.41) is 8.59. The van der Waals surface area contributed by atoms with Crippen molar-refractivity contribution in [3.63, 3.8) is 0 Å². The van der Waals surface area contributed by atoms with Crippen molar-refractivity contribution in [2.45, 2.75) is 38.1 Å². The molecule has 0 saturated carbocycles. The summed E-state index contributed by atoms with van der Waals surface area (Å²) in [5.41, 5.74) is 0. The van der Waals surface area contributed by atoms with Crippen LogP contribution in [0.4, 0.5) is 0 Å². The Bertz CT molecular complexity index is 239. The quantitative estimate of drug-likeness (QED) is 0.760. The first-order chi connectivity index (χ1) is 7.75. The summed E-state index contributed by atoms with van der Waals surface area (Å²) in [4.78, 5) is 15.5. The third kappa shape index (κ3) is 3.19. The van der Waals surface area contributed by atoms with Crippen molar-refractivity contribution in [2.75, 3.05) is 32.7 Å². The highest BCUT2D eigenvalue weighted by Gasteiger charge is 2.28. The topological polar surface area (TPSA) is 43.8 Å². The molecule has 4 heteroatoms. The average Bonchev–Trinajstić information content (AvgIpc) is 2.85. The molecule has 0 radical (unpaired) electrons. The third-order valence-electron chi connectivity index (χ3n) is 3.77. The molecular formula is C12H22N2O2. The maximum Gasteiger partial charge on any atom is 0.303 e. The summed E-state index contributed by atoms with van der Waals surface area (Å²) in [7, 11) is 0. The fraction of sp³-hybridized carbons (Fsp3) is 0.917. The van der Waals surface area contributed by atoms with Crippen molar-refractivity contribution >= 4 is 5.97 Å². The van der Waals surface area contributed by atoms with Crippen LogP contribution >= 0.6 is 0 Å². The smallest absolute Gasteiger partial charge is 0.303 e. The predicted octanol–water partition coefficient (Wildman–Crippen LogP) is 1.02. The zero-order chi connectivity index (χ0) is 11.4. The Labute approximate surface area is 97.2 Å². The van der Waals surface area contributed by atoms with Gasteiger partial charge in [-0.1, -0.05) is 0 Å². The van der Waals surface area contributed by atoms with E-state index in [1.54, 1.807) is 0 Å². The average molecular weight is 226 g/mol. The van der Waals surface area contributed by atoms with Gasteiger partial charge in [0.25, 0.3) is 0 Å². The van der Waals surface area contributed by atoms with Gasteiger partial charge in [0, 0.05) is 19.0 Å². The van der Waals surface area contributed by atoms with Gasteiger partial charge in [-0.25, -0.2) is 0 Å². The van der Waals surface area contributed by atoms with Crippen molar-refractivity contribution in [1.29, 1.82) is 0 Å². The molecule has 0 aromatic carbocycles. The Morgan fingerprint density at radius 2 is 2.00 bits per heavy atom. The largest absolute Gasteiger partial charge is 0.481 e. The molecule has 0 amide bonds. The Kier molecular flexibility index (Phi) is 4.18. The lowest BCUT2D eigenvalue weighted by atomic mass is 10.2. The molecule has 1 atom stereocenters. The van der Waals surface area contributed by atoms with Gasteiger partial charge in [-0.3, -0.25) is 9.69 Å². The molecule has 16 heavy (non-hydrogen) atoms. The first-order valence-corrected chi connectivity index (χ1v) is 6.44. The van der Waals surface area contributed by atoms with Crippen molar-refractivity contribution < 1.29 is 9.90 Å². The molecule has 2 aliphatic heterocycles. The van der Waals surface area contributed by atoms with Crippen LogP contribution < -0.4 is 0 Å². The van der Waals surface area contributed by atoms with Gasteiger partial charge in [0.1, 0.15) is 0 Å². The minimum Gasteiger partial charge on any atom is -0.481 e. The number of nitrogens with zero attached hydrogens (tertiary/aromatic N) is 2. The van der Waals surface area contributed by atoms with Gasteiger partial charge < -0.3 is 10.0 Å². The number of likely N-dealkylation sites (tertiary alicyclic amines) is 2. The van der Waals surface area contributed by atoms with E-state index in [1.165, 1.54) is 32.4 Å². The molecule has 2 fully saturated rings. The van der Waals surface area contributed by atoms with Gasteiger partial charge in [0.2, 0.25) is 0 Å². The Balaban J connectivity index is 1.65. The van der Waals surface area contributed by atoms with Gasteiger partial charge in [0.15, 0.2) is 0 Å². The van der Waals surface area contributed by atoms with E-state index in [0.29, 0.717) is 6.42 Å². The van der Waals surface area contributed by atoms with E-state index >= 15 is 0 Å². The molecule has 4 nitrogen and oxygen atoms in total. The predicted molar refractivity (Wildman–Crippen MR) is 62.5 cm³/mol. The summed E-state index contributed by atoms with van der Waals surface area (Å²) in [5.74, 6) is -0.671. The molecule has 0 bridgehead atoms. The monoisotopic (exact) mass is 226 g/mol. The first kappa shape index (κ1) is 11.9. The second-order valence-electron chi connectivity index (χ2n) is 4.98. The SMILES string of the molecule is O=C(O)CCCN1CCC(N2CCCC2)C1. The molecule has 1 unspecified atom stereocenters. The second-order valence-corrected chi connectivity index (χ2v) is 4.98. The Morgan fingerprint density at radius 1 is 1.25 bits per heavy atom. The number of aliphatic carboxylic acids is 1. The molecule has 0 aromatic rings. The lowest BCUT2D eigenvalue weighted by Crippen LogP contribution is -2.35. The maximum absolute atomic E-state index is 10.4. The standard InChI is InChI=1S/C12H22N2O2/c15-12(16)4-3-6-13-9-5-11(10-13)14-7-1-2-8-14/h11H,1-10H2,(H,15,16). The van der Waals surface area contributed by atoms with Crippen molar-refractivity contribution in [2.24, 2.45) is 0 Å². The van der Waals surface area contributed by atoms with E-state index in [1.807, 2.05) is 0 Å². The van der Waals surface area contributed by atoms with Gasteiger partial charge in [-0.15, -0.1) is 0 Å². The molecule has 0 spiro atoms. The number of carboxylic acid groups (broad SMARTS) is 1. The number of carbonyl (C=O) groups is 1. The molecule has 2 rings (SSSR count). The molecule has 2 saturated heterocycles. The molecular weight excluding hydrogens is 204 g/mol. The third-order valence-corrected chi connectivity index (χ3v) is 3.77. The number of hydrogen-bond acceptors (Lipinski definition) is 3. The fourth-order valence-corrected chi connectivity index (χ4v) is 2.87. The van der Waals surface area contributed by atoms with Crippen LogP contribution in [0.2, 0.25) is 0 Å². The van der Waals surface area contributed by atoms with Crippen LogP contribution in [-0.2, 0) is 4.79 Å². The van der Waals surface area contributed by atoms with Crippen molar-refractivity contribution in [3.8, 4) is 0 Å². The highest BCUT2D eigenvalue weighted by molar-refractivity contribution is 5.66. The van der Waals surface area contributed by atoms with Crippen LogP contribution in [-0.4, -0.2) is 59.6 Å². The van der Waals surface area contributed by atoms with Crippen LogP contribution in [0.1, 0.15) is 32.1 Å². The van der Waals surface area contributed by atoms with E-state index in [2.05, 4.69) is 9.80 Å². The number of carboxylic acids is 1. The summed E-state index contributed by atoms with van der Waals surface area (Å²) in [6.07, 6.45) is 5.09. The van der Waals surface area contributed by atoms with Crippen LogP contribution in [0.15, 0.2) is 0 Å². The lowest BCUT2D eigenvalue weighted by Gasteiger charge is -2.23. The maximum atomic E-state index is 10.4. The minimum atomic E-state index is -0.671. The van der Waals surface area contributed by atoms with Crippen LogP contribution in [0.25, 0.3) is 0 Å². The van der Waals surface area contributed by atoms with E-state index in [0.717, 1.165) is 32.1 Å². The van der Waals surface area contributed by atoms with E-state index in [4.69, 9.17) is 5.11 Å². The molecule has 2 aliphatic rings. The van der Waals surface area contributed by atoms with Crippen molar-refractivity contribution in [3.05, 3.63) is 0 Å². The van der Waals surface area contributed by atoms with Gasteiger partial charge in [-0.05, 0) is 51.9 Å². The van der Waals surface area contributed by atoms with Crippen LogP contribution in [0.5, 0.6) is 0 Å². The summed E-state index contributed by atoms with van der Waals surface area (Å²) in [6, 6.07) is 0.743. The lowest BCUT2D eigenvalue weighted by molar-refractivity contribution is -0.137. The summed E-state index contributed by atoms with van der Waals surface area (Å²) >= 11 is 0. The fourth-order valence-electron chi connectivity index (χ4n) is 2.87. The normalized spacial score (nSPS) is 27.6. The summed E-state index contributed by atoms with van der Waals surface area (Å²) < 4.78 is 0. The van der Waals surface area contributed by atoms with Crippen LogP contribution in [0.3, 0.4) is 0 Å². The van der Waals surface area contributed by atoms with Crippen molar-refractivity contribution in [1.82, 2.24) is 9.80 Å². The highest BCUT2D eigenvalue weighted by Crippen LogP contribution is 2.20. The molecule has 0 aromatic heterocycles. The molecule has 0 aliphatic carbocycles. The zero-order valence-electron chi connectivity index (χ0n) is 9.90. The second kappa shape index (κ2) is 5.64. The minimum absolute atomic E-state index is 0.310. The zero-order valence-corrected chi connectivity index (χ0v) is 9.90. The van der Waals surface area contributed by atoms with E-state index < -0.39 is 5.97 Å². The van der Waals surface area contributed by atoms with Gasteiger partial charge >= 0.3 is 5.97 Å². The van der Waals surface area contributed by atoms with Gasteiger partial charge in [0.05, 0.1) is 0 Å². The van der Waals surface area contributed by atoms with E-state index in [-0.39, 0.29) is 0 Å². The molecule has 92 valence electrons. The van der Waals surface area contributed by atoms with Crippen LogP contribution in [0, 0.1) is 0 Å². The summed E-state index contributed by atoms with van der Waals surface area (Å²) in [6.45, 7) is 5.80. The Hall–Kier alpha value is -0.610. The molecule has 1 N–H and O–H groups in total. The van der Waals surface area contributed by atoms with E-state index in [9.17, 15) is 4.79 Å². The highest BCUT2D eigenvalue weighted by atomic mass is 16.4. The molecule has 2 heterocycles.